The molecule has 0 bridgehead atoms. The van der Waals surface area contributed by atoms with Crippen molar-refractivity contribution in [3.63, 3.8) is 0 Å². The van der Waals surface area contributed by atoms with E-state index in [1.165, 1.54) is 4.90 Å². The zero-order valence-electron chi connectivity index (χ0n) is 23.9. The summed E-state index contributed by atoms with van der Waals surface area (Å²) in [7, 11) is 0. The summed E-state index contributed by atoms with van der Waals surface area (Å²) in [6, 6.07) is 33.4. The van der Waals surface area contributed by atoms with Crippen molar-refractivity contribution in [2.45, 2.75) is 38.1 Å². The highest BCUT2D eigenvalue weighted by atomic mass is 16.5. The number of ether oxygens (including phenoxy) is 2. The van der Waals surface area contributed by atoms with Crippen LogP contribution in [0.3, 0.4) is 0 Å². The highest BCUT2D eigenvalue weighted by molar-refractivity contribution is 5.88. The number of aliphatic carboxylic acids is 1. The fourth-order valence-corrected chi connectivity index (χ4v) is 5.42. The van der Waals surface area contributed by atoms with E-state index in [2.05, 4.69) is 17.4 Å². The molecule has 0 radical (unpaired) electrons. The van der Waals surface area contributed by atoms with Gasteiger partial charge in [-0.25, -0.2) is 4.79 Å². The normalized spacial score (nSPS) is 13.3. The molecule has 5 rings (SSSR count). The lowest BCUT2D eigenvalue weighted by Crippen LogP contribution is -2.55. The molecule has 0 spiro atoms. The number of carboxylic acid groups (broad SMARTS) is 1. The van der Waals surface area contributed by atoms with Crippen LogP contribution in [0, 0.1) is 0 Å². The molecular weight excluding hydrogens is 544 g/mol. The number of amides is 2. The smallest absolute Gasteiger partial charge is 0.407 e. The largest absolute Gasteiger partial charge is 0.480 e. The second-order valence-electron chi connectivity index (χ2n) is 10.5. The predicted molar refractivity (Wildman–Crippen MR) is 162 cm³/mol. The van der Waals surface area contributed by atoms with E-state index in [0.29, 0.717) is 0 Å². The Balaban J connectivity index is 1.33. The average Bonchev–Trinajstić information content (AvgIpc) is 3.35. The summed E-state index contributed by atoms with van der Waals surface area (Å²) in [5.41, 5.74) is 6.00. The summed E-state index contributed by atoms with van der Waals surface area (Å²) in [5.74, 6) is -1.90. The van der Waals surface area contributed by atoms with E-state index in [4.69, 9.17) is 9.47 Å². The monoisotopic (exact) mass is 578 g/mol. The van der Waals surface area contributed by atoms with Gasteiger partial charge in [0.1, 0.15) is 19.2 Å². The Bertz CT molecular complexity index is 1510. The van der Waals surface area contributed by atoms with Gasteiger partial charge in [0.15, 0.2) is 0 Å². The van der Waals surface area contributed by atoms with E-state index in [1.54, 1.807) is 6.92 Å². The maximum Gasteiger partial charge on any atom is 0.407 e. The number of hydrogen-bond donors (Lipinski definition) is 2. The second kappa shape index (κ2) is 13.8. The van der Waals surface area contributed by atoms with Crippen LogP contribution in [0.15, 0.2) is 109 Å². The minimum atomic E-state index is -1.19. The first-order valence-corrected chi connectivity index (χ1v) is 14.2. The quantitative estimate of drug-likeness (QED) is 0.226. The molecular formula is C35H34N2O6. The maximum atomic E-state index is 13.9. The molecule has 2 atom stereocenters. The van der Waals surface area contributed by atoms with Crippen molar-refractivity contribution in [2.24, 2.45) is 0 Å². The third kappa shape index (κ3) is 7.28. The van der Waals surface area contributed by atoms with Crippen LogP contribution in [-0.2, 0) is 32.2 Å². The topological polar surface area (TPSA) is 105 Å². The number of fused-ring (bicyclic) bond motifs is 3. The van der Waals surface area contributed by atoms with Crippen LogP contribution in [0.5, 0.6) is 0 Å². The SMILES string of the molecule is CC(OCc1ccccc1)C(NC(=O)OCC1c2ccccc2-c2ccccc21)C(=O)N(CC(=O)O)Cc1ccccc1. The molecule has 8 heteroatoms. The summed E-state index contributed by atoms with van der Waals surface area (Å²) in [5, 5.41) is 12.3. The maximum absolute atomic E-state index is 13.9. The van der Waals surface area contributed by atoms with Crippen LogP contribution in [0.25, 0.3) is 11.1 Å². The molecule has 1 aliphatic carbocycles. The van der Waals surface area contributed by atoms with E-state index >= 15 is 0 Å². The van der Waals surface area contributed by atoms with Crippen LogP contribution in [0.1, 0.15) is 35.1 Å². The number of nitrogens with one attached hydrogen (secondary N) is 1. The lowest BCUT2D eigenvalue weighted by Gasteiger charge is -2.30. The molecule has 0 aliphatic heterocycles. The van der Waals surface area contributed by atoms with E-state index in [-0.39, 0.29) is 25.7 Å². The summed E-state index contributed by atoms with van der Waals surface area (Å²) in [6.45, 7) is 1.47. The van der Waals surface area contributed by atoms with Gasteiger partial charge in [-0.1, -0.05) is 109 Å². The fraction of sp³-hybridized carbons (Fsp3) is 0.229. The number of alkyl carbamates (subject to hydrolysis) is 1. The number of rotatable bonds is 12. The lowest BCUT2D eigenvalue weighted by atomic mass is 9.98. The fourth-order valence-electron chi connectivity index (χ4n) is 5.42. The standard InChI is InChI=1S/C35H34N2O6/c1-24(42-22-26-14-6-3-7-15-26)33(34(40)37(21-32(38)39)20-25-12-4-2-5-13-25)36-35(41)43-23-31-29-18-10-8-16-27(29)28-17-9-11-19-30(28)31/h2-19,24,31,33H,20-23H2,1H3,(H,36,41)(H,38,39). The van der Waals surface area contributed by atoms with Gasteiger partial charge in [0, 0.05) is 12.5 Å². The molecule has 0 aromatic heterocycles. The van der Waals surface area contributed by atoms with Crippen LogP contribution in [0.4, 0.5) is 4.79 Å². The molecule has 4 aromatic carbocycles. The Hall–Kier alpha value is -4.95. The van der Waals surface area contributed by atoms with Crippen LogP contribution in [0.2, 0.25) is 0 Å². The zero-order chi connectivity index (χ0) is 30.2. The van der Waals surface area contributed by atoms with Crippen molar-refractivity contribution >= 4 is 18.0 Å². The number of carbonyl (C=O) groups is 3. The number of hydrogen-bond acceptors (Lipinski definition) is 5. The molecule has 2 N–H and O–H groups in total. The van der Waals surface area contributed by atoms with Crippen LogP contribution in [-0.4, -0.2) is 53.3 Å². The third-order valence-corrected chi connectivity index (χ3v) is 7.56. The van der Waals surface area contributed by atoms with Crippen molar-refractivity contribution in [3.05, 3.63) is 131 Å². The van der Waals surface area contributed by atoms with E-state index in [1.807, 2.05) is 97.1 Å². The highest BCUT2D eigenvalue weighted by Crippen LogP contribution is 2.44. The van der Waals surface area contributed by atoms with Gasteiger partial charge in [-0.15, -0.1) is 0 Å². The molecule has 43 heavy (non-hydrogen) atoms. The molecule has 0 fully saturated rings. The minimum Gasteiger partial charge on any atom is -0.480 e. The van der Waals surface area contributed by atoms with Crippen LogP contribution < -0.4 is 5.32 Å². The second-order valence-corrected chi connectivity index (χ2v) is 10.5. The molecule has 0 saturated carbocycles. The number of benzene rings is 4. The van der Waals surface area contributed by atoms with Gasteiger partial charge in [-0.05, 0) is 40.3 Å². The van der Waals surface area contributed by atoms with Crippen molar-refractivity contribution in [1.29, 1.82) is 0 Å². The molecule has 2 unspecified atom stereocenters. The van der Waals surface area contributed by atoms with Gasteiger partial charge in [0.2, 0.25) is 5.91 Å². The van der Waals surface area contributed by atoms with Gasteiger partial charge >= 0.3 is 12.1 Å². The van der Waals surface area contributed by atoms with Crippen molar-refractivity contribution < 1.29 is 29.0 Å². The van der Waals surface area contributed by atoms with Crippen molar-refractivity contribution in [1.82, 2.24) is 10.2 Å². The zero-order valence-corrected chi connectivity index (χ0v) is 23.9. The average molecular weight is 579 g/mol. The summed E-state index contributed by atoms with van der Waals surface area (Å²) < 4.78 is 11.7. The van der Waals surface area contributed by atoms with Gasteiger partial charge in [0.25, 0.3) is 0 Å². The molecule has 0 heterocycles. The Kier molecular flexibility index (Phi) is 9.49. The summed E-state index contributed by atoms with van der Waals surface area (Å²) in [6.07, 6.45) is -1.58. The number of carboxylic acids is 1. The Labute approximate surface area is 250 Å². The number of carbonyl (C=O) groups excluding carboxylic acids is 2. The molecule has 2 amide bonds. The van der Waals surface area contributed by atoms with E-state index in [9.17, 15) is 19.5 Å². The Morgan fingerprint density at radius 2 is 1.33 bits per heavy atom. The van der Waals surface area contributed by atoms with Crippen LogP contribution >= 0.6 is 0 Å². The van der Waals surface area contributed by atoms with Crippen molar-refractivity contribution in [3.8, 4) is 11.1 Å². The van der Waals surface area contributed by atoms with Crippen molar-refractivity contribution in [2.75, 3.05) is 13.2 Å². The van der Waals surface area contributed by atoms with E-state index < -0.39 is 36.7 Å². The van der Waals surface area contributed by atoms with Gasteiger partial charge in [-0.3, -0.25) is 9.59 Å². The summed E-state index contributed by atoms with van der Waals surface area (Å²) in [4.78, 5) is 40.1. The summed E-state index contributed by atoms with van der Waals surface area (Å²) >= 11 is 0. The molecule has 8 nitrogen and oxygen atoms in total. The lowest BCUT2D eigenvalue weighted by molar-refractivity contribution is -0.147. The Morgan fingerprint density at radius 3 is 1.91 bits per heavy atom. The molecule has 4 aromatic rings. The first kappa shape index (κ1) is 29.5. The minimum absolute atomic E-state index is 0.0558. The van der Waals surface area contributed by atoms with E-state index in [0.717, 1.165) is 33.4 Å². The number of nitrogens with zero attached hydrogens (tertiary/aromatic N) is 1. The molecule has 0 saturated heterocycles. The molecule has 1 aliphatic rings. The predicted octanol–water partition coefficient (Wildman–Crippen LogP) is 5.61. The first-order valence-electron chi connectivity index (χ1n) is 14.2. The highest BCUT2D eigenvalue weighted by Gasteiger charge is 2.34. The van der Waals surface area contributed by atoms with Gasteiger partial charge in [0.05, 0.1) is 12.7 Å². The Morgan fingerprint density at radius 1 is 0.791 bits per heavy atom. The van der Waals surface area contributed by atoms with Gasteiger partial charge in [-0.2, -0.15) is 0 Å². The van der Waals surface area contributed by atoms with Gasteiger partial charge < -0.3 is 24.8 Å². The first-order chi connectivity index (χ1) is 20.9. The molecule has 220 valence electrons. The third-order valence-electron chi connectivity index (χ3n) is 7.56.